The van der Waals surface area contributed by atoms with E-state index in [1.807, 2.05) is 71.9 Å². The standard InChI is InChI=1S/C18H21NO2S.2C2H6.CH3F/c1-4-16-10-12-18(13-11-16)22(20,21)19(14-15(2)3)17-8-6-5-7-9-17;3*1-2/h4-13,15H,1,14H2,2-3H3;2*1-2H3;1H3. The lowest BCUT2D eigenvalue weighted by Gasteiger charge is -2.26. The van der Waals surface area contributed by atoms with Crippen LogP contribution in [0, 0.1) is 5.92 Å². The first-order chi connectivity index (χ1) is 13.4. The van der Waals surface area contributed by atoms with E-state index >= 15 is 0 Å². The van der Waals surface area contributed by atoms with Crippen molar-refractivity contribution in [3.63, 3.8) is 0 Å². The quantitative estimate of drug-likeness (QED) is 0.525. The first kappa shape index (κ1) is 28.1. The van der Waals surface area contributed by atoms with Gasteiger partial charge in [-0.25, -0.2) is 8.42 Å². The average Bonchev–Trinajstić information content (AvgIpc) is 2.76. The van der Waals surface area contributed by atoms with E-state index in [1.54, 1.807) is 30.3 Å². The summed E-state index contributed by atoms with van der Waals surface area (Å²) in [5.74, 6) is 0.224. The molecule has 0 aliphatic carbocycles. The highest BCUT2D eigenvalue weighted by Crippen LogP contribution is 2.25. The zero-order valence-corrected chi connectivity index (χ0v) is 19.1. The number of hydrogen-bond donors (Lipinski definition) is 0. The normalized spacial score (nSPS) is 9.61. The largest absolute Gasteiger partial charge is 0.266 e. The van der Waals surface area contributed by atoms with Crippen LogP contribution in [0.5, 0.6) is 0 Å². The summed E-state index contributed by atoms with van der Waals surface area (Å²) in [4.78, 5) is 0.294. The van der Waals surface area contributed by atoms with Crippen LogP contribution in [0.15, 0.2) is 66.1 Å². The lowest BCUT2D eigenvalue weighted by molar-refractivity contribution is 0.578. The number of sulfonamides is 1. The summed E-state index contributed by atoms with van der Waals surface area (Å²) >= 11 is 0. The highest BCUT2D eigenvalue weighted by atomic mass is 32.2. The van der Waals surface area contributed by atoms with Gasteiger partial charge in [0.1, 0.15) is 0 Å². The van der Waals surface area contributed by atoms with Gasteiger partial charge in [-0.1, -0.05) is 84.5 Å². The molecule has 3 nitrogen and oxygen atoms in total. The Morgan fingerprint density at radius 3 is 1.79 bits per heavy atom. The highest BCUT2D eigenvalue weighted by molar-refractivity contribution is 7.92. The molecule has 0 N–H and O–H groups in total. The minimum absolute atomic E-state index is 0.224. The maximum atomic E-state index is 13.0. The van der Waals surface area contributed by atoms with Gasteiger partial charge in [-0.3, -0.25) is 8.70 Å². The lowest BCUT2D eigenvalue weighted by atomic mass is 10.2. The van der Waals surface area contributed by atoms with E-state index in [4.69, 9.17) is 0 Å². The molecule has 0 amide bonds. The predicted octanol–water partition coefficient (Wildman–Crippen LogP) is 6.82. The summed E-state index contributed by atoms with van der Waals surface area (Å²) in [6.07, 6.45) is 1.69. The van der Waals surface area contributed by atoms with Gasteiger partial charge in [-0.2, -0.15) is 0 Å². The first-order valence-corrected chi connectivity index (χ1v) is 11.1. The van der Waals surface area contributed by atoms with Crippen molar-refractivity contribution >= 4 is 21.8 Å². The van der Waals surface area contributed by atoms with Gasteiger partial charge in [0.15, 0.2) is 0 Å². The SMILES string of the molecule is C=Cc1ccc(S(=O)(=O)N(CC(C)C)c2ccccc2)cc1.CC.CC.CF. The third-order valence-electron chi connectivity index (χ3n) is 3.28. The number of rotatable bonds is 6. The number of anilines is 1. The molecule has 0 atom stereocenters. The van der Waals surface area contributed by atoms with Crippen molar-refractivity contribution < 1.29 is 12.8 Å². The Labute approximate surface area is 172 Å². The summed E-state index contributed by atoms with van der Waals surface area (Å²) in [7, 11) is -3.08. The van der Waals surface area contributed by atoms with Crippen LogP contribution in [0.25, 0.3) is 6.08 Å². The van der Waals surface area contributed by atoms with E-state index in [0.29, 0.717) is 24.3 Å². The molecule has 0 saturated heterocycles. The van der Waals surface area contributed by atoms with Crippen LogP contribution < -0.4 is 4.31 Å². The molecule has 0 saturated carbocycles. The minimum atomic E-state index is -3.58. The third-order valence-corrected chi connectivity index (χ3v) is 5.09. The van der Waals surface area contributed by atoms with Gasteiger partial charge in [0, 0.05) is 6.54 Å². The molecule has 0 aromatic heterocycles. The minimum Gasteiger partial charge on any atom is -0.266 e. The Hall–Kier alpha value is -2.14. The zero-order chi connectivity index (χ0) is 22.2. The third kappa shape index (κ3) is 8.70. The molecule has 0 aliphatic rings. The van der Waals surface area contributed by atoms with Gasteiger partial charge in [0.2, 0.25) is 0 Å². The van der Waals surface area contributed by atoms with E-state index in [9.17, 15) is 12.8 Å². The number of halogens is 1. The van der Waals surface area contributed by atoms with Crippen LogP contribution in [0.1, 0.15) is 47.1 Å². The molecule has 0 aliphatic heterocycles. The predicted molar refractivity (Wildman–Crippen MR) is 122 cm³/mol. The van der Waals surface area contributed by atoms with Crippen LogP contribution in [-0.4, -0.2) is 22.1 Å². The molecular formula is C23H36FNO2S. The van der Waals surface area contributed by atoms with Crippen molar-refractivity contribution in [3.8, 4) is 0 Å². The fourth-order valence-electron chi connectivity index (χ4n) is 2.17. The van der Waals surface area contributed by atoms with Gasteiger partial charge < -0.3 is 0 Å². The Morgan fingerprint density at radius 2 is 1.39 bits per heavy atom. The maximum Gasteiger partial charge on any atom is 0.264 e. The van der Waals surface area contributed by atoms with E-state index in [2.05, 4.69) is 6.58 Å². The van der Waals surface area contributed by atoms with E-state index < -0.39 is 10.0 Å². The van der Waals surface area contributed by atoms with Gasteiger partial charge in [-0.05, 0) is 35.7 Å². The topological polar surface area (TPSA) is 37.4 Å². The number of nitrogens with zero attached hydrogens (tertiary/aromatic N) is 1. The van der Waals surface area contributed by atoms with Crippen LogP contribution in [0.2, 0.25) is 0 Å². The molecule has 2 aromatic carbocycles. The molecule has 0 radical (unpaired) electrons. The molecule has 158 valence electrons. The van der Waals surface area contributed by atoms with Gasteiger partial charge in [0.25, 0.3) is 10.0 Å². The number of para-hydroxylation sites is 1. The molecule has 2 aromatic rings. The summed E-state index contributed by atoms with van der Waals surface area (Å²) in [5, 5.41) is 0. The molecule has 0 bridgehead atoms. The maximum absolute atomic E-state index is 13.0. The van der Waals surface area contributed by atoms with Crippen molar-refractivity contribution in [2.24, 2.45) is 5.92 Å². The highest BCUT2D eigenvalue weighted by Gasteiger charge is 2.25. The molecule has 0 spiro atoms. The second-order valence-electron chi connectivity index (χ2n) is 5.54. The van der Waals surface area contributed by atoms with Crippen LogP contribution in [-0.2, 0) is 10.0 Å². The number of alkyl halides is 1. The summed E-state index contributed by atoms with van der Waals surface area (Å²) in [5.41, 5.74) is 1.58. The molecule has 0 fully saturated rings. The van der Waals surface area contributed by atoms with E-state index in [0.717, 1.165) is 5.56 Å². The second-order valence-corrected chi connectivity index (χ2v) is 7.40. The van der Waals surface area contributed by atoms with Crippen molar-refractivity contribution in [2.45, 2.75) is 46.4 Å². The van der Waals surface area contributed by atoms with Gasteiger partial charge >= 0.3 is 0 Å². The Bertz CT molecular complexity index is 727. The van der Waals surface area contributed by atoms with E-state index in [-0.39, 0.29) is 5.92 Å². The Morgan fingerprint density at radius 1 is 0.929 bits per heavy atom. The fourth-order valence-corrected chi connectivity index (χ4v) is 3.80. The molecule has 0 heterocycles. The molecule has 0 unspecified atom stereocenters. The number of benzene rings is 2. The second kappa shape index (κ2) is 15.9. The Balaban J connectivity index is 0. The summed E-state index contributed by atoms with van der Waals surface area (Å²) in [6.45, 7) is 16.1. The van der Waals surface area contributed by atoms with Crippen molar-refractivity contribution in [3.05, 3.63) is 66.7 Å². The van der Waals surface area contributed by atoms with Crippen LogP contribution in [0.3, 0.4) is 0 Å². The summed E-state index contributed by atoms with van der Waals surface area (Å²) < 4.78 is 36.9. The summed E-state index contributed by atoms with van der Waals surface area (Å²) in [6, 6.07) is 16.0. The van der Waals surface area contributed by atoms with Crippen LogP contribution in [0.4, 0.5) is 10.1 Å². The smallest absolute Gasteiger partial charge is 0.264 e. The molecule has 28 heavy (non-hydrogen) atoms. The fraction of sp³-hybridized carbons (Fsp3) is 0.391. The first-order valence-electron chi connectivity index (χ1n) is 9.63. The number of hydrogen-bond acceptors (Lipinski definition) is 2. The zero-order valence-electron chi connectivity index (χ0n) is 18.3. The monoisotopic (exact) mass is 409 g/mol. The average molecular weight is 410 g/mol. The Kier molecular flexibility index (Phi) is 15.9. The van der Waals surface area contributed by atoms with Gasteiger partial charge in [0.05, 0.1) is 17.8 Å². The molecule has 5 heteroatoms. The van der Waals surface area contributed by atoms with Crippen molar-refractivity contribution in [1.82, 2.24) is 0 Å². The molecular weight excluding hydrogens is 373 g/mol. The molecule has 2 rings (SSSR count). The lowest BCUT2D eigenvalue weighted by Crippen LogP contribution is -2.34. The van der Waals surface area contributed by atoms with Crippen molar-refractivity contribution in [2.75, 3.05) is 18.0 Å². The van der Waals surface area contributed by atoms with Crippen molar-refractivity contribution in [1.29, 1.82) is 0 Å². The van der Waals surface area contributed by atoms with E-state index in [1.165, 1.54) is 4.31 Å². The van der Waals surface area contributed by atoms with Crippen LogP contribution >= 0.6 is 0 Å². The van der Waals surface area contributed by atoms with Gasteiger partial charge in [-0.15, -0.1) is 0 Å².